The smallest absolute Gasteiger partial charge is 0.238 e. The van der Waals surface area contributed by atoms with Crippen LogP contribution in [-0.4, -0.2) is 43.5 Å². The molecule has 0 aliphatic carbocycles. The zero-order valence-electron chi connectivity index (χ0n) is 10.7. The number of nitrogens with one attached hydrogen (secondary N) is 2. The average Bonchev–Trinajstić information content (AvgIpc) is 2.22. The number of amides is 1. The number of halogens is 1. The molecule has 1 fully saturated rings. The van der Waals surface area contributed by atoms with Crippen molar-refractivity contribution in [1.82, 2.24) is 10.2 Å². The van der Waals surface area contributed by atoms with E-state index < -0.39 is 0 Å². The second-order valence-corrected chi connectivity index (χ2v) is 5.09. The molecule has 0 unspecified atom stereocenters. The summed E-state index contributed by atoms with van der Waals surface area (Å²) in [5.74, 6) is -0.00485. The lowest BCUT2D eigenvalue weighted by Crippen LogP contribution is -2.57. The minimum atomic E-state index is -0.00485. The van der Waals surface area contributed by atoms with Gasteiger partial charge in [0.1, 0.15) is 0 Å². The monoisotopic (exact) mass is 267 g/mol. The van der Waals surface area contributed by atoms with Gasteiger partial charge in [-0.25, -0.2) is 0 Å². The van der Waals surface area contributed by atoms with Gasteiger partial charge >= 0.3 is 0 Å². The van der Waals surface area contributed by atoms with E-state index in [0.717, 1.165) is 24.3 Å². The zero-order chi connectivity index (χ0) is 13.1. The number of carbonyl (C=O) groups excluding carboxylic acids is 1. The third-order valence-electron chi connectivity index (χ3n) is 3.32. The molecule has 1 aliphatic rings. The number of hydrogen-bond acceptors (Lipinski definition) is 3. The molecule has 2 N–H and O–H groups in total. The molecular formula is C13H18ClN3O. The molecule has 2 rings (SSSR count). The van der Waals surface area contributed by atoms with Crippen LogP contribution in [0.3, 0.4) is 0 Å². The van der Waals surface area contributed by atoms with Gasteiger partial charge in [0.2, 0.25) is 5.91 Å². The number of nitrogens with zero attached hydrogens (tertiary/aromatic N) is 1. The van der Waals surface area contributed by atoms with Crippen LogP contribution in [0.15, 0.2) is 18.2 Å². The second-order valence-electron chi connectivity index (χ2n) is 4.69. The van der Waals surface area contributed by atoms with Crippen LogP contribution < -0.4 is 10.6 Å². The van der Waals surface area contributed by atoms with Gasteiger partial charge in [-0.1, -0.05) is 17.7 Å². The third-order valence-corrected chi connectivity index (χ3v) is 3.73. The van der Waals surface area contributed by atoms with Gasteiger partial charge < -0.3 is 10.6 Å². The molecule has 18 heavy (non-hydrogen) atoms. The van der Waals surface area contributed by atoms with E-state index in [0.29, 0.717) is 17.6 Å². The Kier molecular flexibility index (Phi) is 4.22. The highest BCUT2D eigenvalue weighted by Crippen LogP contribution is 2.22. The number of hydrogen-bond donors (Lipinski definition) is 2. The van der Waals surface area contributed by atoms with E-state index in [4.69, 9.17) is 11.6 Å². The normalized spacial score (nSPS) is 15.6. The third kappa shape index (κ3) is 3.02. The fraction of sp³-hybridized carbons (Fsp3) is 0.462. The van der Waals surface area contributed by atoms with Crippen molar-refractivity contribution in [1.29, 1.82) is 0 Å². The molecule has 98 valence electrons. The van der Waals surface area contributed by atoms with Gasteiger partial charge in [-0.15, -0.1) is 0 Å². The minimum Gasteiger partial charge on any atom is -0.325 e. The molecule has 1 aromatic rings. The summed E-state index contributed by atoms with van der Waals surface area (Å²) in [7, 11) is 1.97. The zero-order valence-corrected chi connectivity index (χ0v) is 11.4. The van der Waals surface area contributed by atoms with Crippen LogP contribution in [0, 0.1) is 6.92 Å². The first-order valence-electron chi connectivity index (χ1n) is 6.04. The largest absolute Gasteiger partial charge is 0.325 e. The van der Waals surface area contributed by atoms with E-state index in [1.807, 2.05) is 32.2 Å². The maximum Gasteiger partial charge on any atom is 0.238 e. The van der Waals surface area contributed by atoms with Crippen molar-refractivity contribution < 1.29 is 4.79 Å². The first-order chi connectivity index (χ1) is 8.58. The van der Waals surface area contributed by atoms with E-state index in [2.05, 4.69) is 15.5 Å². The molecule has 1 aromatic carbocycles. The summed E-state index contributed by atoms with van der Waals surface area (Å²) in [6, 6.07) is 5.99. The molecule has 1 aliphatic heterocycles. The summed E-state index contributed by atoms with van der Waals surface area (Å²) in [6.07, 6.45) is 0. The molecule has 1 heterocycles. The van der Waals surface area contributed by atoms with Gasteiger partial charge in [-0.3, -0.25) is 9.69 Å². The van der Waals surface area contributed by atoms with E-state index in [9.17, 15) is 4.79 Å². The van der Waals surface area contributed by atoms with Crippen molar-refractivity contribution in [2.75, 3.05) is 32.0 Å². The van der Waals surface area contributed by atoms with Gasteiger partial charge in [0, 0.05) is 29.8 Å². The highest BCUT2D eigenvalue weighted by molar-refractivity contribution is 6.31. The summed E-state index contributed by atoms with van der Waals surface area (Å²) >= 11 is 6.02. The van der Waals surface area contributed by atoms with Crippen molar-refractivity contribution in [2.45, 2.75) is 13.0 Å². The Bertz CT molecular complexity index is 446. The Hall–Kier alpha value is -1.10. The lowest BCUT2D eigenvalue weighted by molar-refractivity contribution is -0.117. The molecule has 1 saturated heterocycles. The molecule has 5 heteroatoms. The number of anilines is 1. The molecule has 0 bridgehead atoms. The Labute approximate surface area is 112 Å². The van der Waals surface area contributed by atoms with Gasteiger partial charge in [0.15, 0.2) is 0 Å². The Balaban J connectivity index is 1.92. The van der Waals surface area contributed by atoms with Crippen molar-refractivity contribution in [2.24, 2.45) is 0 Å². The quantitative estimate of drug-likeness (QED) is 0.869. The van der Waals surface area contributed by atoms with Crippen LogP contribution in [0.25, 0.3) is 0 Å². The highest BCUT2D eigenvalue weighted by Gasteiger charge is 2.23. The molecule has 0 atom stereocenters. The lowest BCUT2D eigenvalue weighted by atomic mass is 10.1. The lowest BCUT2D eigenvalue weighted by Gasteiger charge is -2.35. The van der Waals surface area contributed by atoms with Crippen molar-refractivity contribution in [3.8, 4) is 0 Å². The number of carbonyl (C=O) groups is 1. The van der Waals surface area contributed by atoms with Crippen LogP contribution in [0.4, 0.5) is 5.69 Å². The van der Waals surface area contributed by atoms with E-state index >= 15 is 0 Å². The maximum atomic E-state index is 11.9. The van der Waals surface area contributed by atoms with Crippen LogP contribution in [0.5, 0.6) is 0 Å². The van der Waals surface area contributed by atoms with Gasteiger partial charge in [-0.05, 0) is 31.7 Å². The van der Waals surface area contributed by atoms with E-state index in [-0.39, 0.29) is 5.91 Å². The molecule has 0 aromatic heterocycles. The topological polar surface area (TPSA) is 44.4 Å². The van der Waals surface area contributed by atoms with Crippen LogP contribution >= 0.6 is 11.6 Å². The molecule has 0 saturated carbocycles. The maximum absolute atomic E-state index is 11.9. The predicted molar refractivity (Wildman–Crippen MR) is 74.1 cm³/mol. The first-order valence-corrected chi connectivity index (χ1v) is 6.41. The minimum absolute atomic E-state index is 0.00485. The fourth-order valence-electron chi connectivity index (χ4n) is 1.87. The van der Waals surface area contributed by atoms with Crippen LogP contribution in [0.1, 0.15) is 5.56 Å². The molecule has 1 amide bonds. The predicted octanol–water partition coefficient (Wildman–Crippen LogP) is 1.49. The SMILES string of the molecule is Cc1c(Cl)cccc1NC(=O)CN(C)C1CNC1. The van der Waals surface area contributed by atoms with Crippen LogP contribution in [-0.2, 0) is 4.79 Å². The second kappa shape index (κ2) is 5.69. The van der Waals surface area contributed by atoms with Gasteiger partial charge in [-0.2, -0.15) is 0 Å². The Morgan fingerprint density at radius 2 is 2.28 bits per heavy atom. The van der Waals surface area contributed by atoms with Crippen molar-refractivity contribution in [3.05, 3.63) is 28.8 Å². The summed E-state index contributed by atoms with van der Waals surface area (Å²) in [6.45, 7) is 4.22. The molecular weight excluding hydrogens is 250 g/mol. The number of likely N-dealkylation sites (N-methyl/N-ethyl adjacent to an activating group) is 1. The van der Waals surface area contributed by atoms with Crippen molar-refractivity contribution >= 4 is 23.2 Å². The molecule has 4 nitrogen and oxygen atoms in total. The summed E-state index contributed by atoms with van der Waals surface area (Å²) in [4.78, 5) is 14.0. The van der Waals surface area contributed by atoms with Crippen LogP contribution in [0.2, 0.25) is 5.02 Å². The Morgan fingerprint density at radius 1 is 1.56 bits per heavy atom. The highest BCUT2D eigenvalue weighted by atomic mass is 35.5. The summed E-state index contributed by atoms with van der Waals surface area (Å²) in [5.41, 5.74) is 1.69. The standard InChI is InChI=1S/C13H18ClN3O/c1-9-11(14)4-3-5-12(9)16-13(18)8-17(2)10-6-15-7-10/h3-5,10,15H,6-8H2,1-2H3,(H,16,18). The van der Waals surface area contributed by atoms with E-state index in [1.54, 1.807) is 0 Å². The molecule has 0 spiro atoms. The van der Waals surface area contributed by atoms with Gasteiger partial charge in [0.05, 0.1) is 6.54 Å². The molecule has 0 radical (unpaired) electrons. The summed E-state index contributed by atoms with van der Waals surface area (Å²) in [5, 5.41) is 6.76. The first kappa shape index (κ1) is 13.3. The Morgan fingerprint density at radius 3 is 2.89 bits per heavy atom. The number of rotatable bonds is 4. The summed E-state index contributed by atoms with van der Waals surface area (Å²) < 4.78 is 0. The number of benzene rings is 1. The van der Waals surface area contributed by atoms with Gasteiger partial charge in [0.25, 0.3) is 0 Å². The van der Waals surface area contributed by atoms with Crippen molar-refractivity contribution in [3.63, 3.8) is 0 Å². The average molecular weight is 268 g/mol. The fourth-order valence-corrected chi connectivity index (χ4v) is 2.05. The van der Waals surface area contributed by atoms with E-state index in [1.165, 1.54) is 0 Å².